The van der Waals surface area contributed by atoms with Crippen LogP contribution in [0.3, 0.4) is 0 Å². The van der Waals surface area contributed by atoms with Crippen LogP contribution in [-0.2, 0) is 11.3 Å². The van der Waals surface area contributed by atoms with E-state index in [1.807, 2.05) is 13.2 Å². The Kier molecular flexibility index (Phi) is 6.09. The van der Waals surface area contributed by atoms with Crippen LogP contribution < -0.4 is 10.2 Å². The first-order chi connectivity index (χ1) is 8.54. The quantitative estimate of drug-likeness (QED) is 0.804. The van der Waals surface area contributed by atoms with Gasteiger partial charge in [-0.15, -0.1) is 0 Å². The first kappa shape index (κ1) is 14.9. The van der Waals surface area contributed by atoms with Crippen molar-refractivity contribution >= 4 is 5.82 Å². The summed E-state index contributed by atoms with van der Waals surface area (Å²) in [6, 6.07) is 2.69. The number of aromatic nitrogens is 1. The molecule has 0 unspecified atom stereocenters. The lowest BCUT2D eigenvalue weighted by atomic mass is 10.2. The smallest absolute Gasteiger partial charge is 0.131 e. The van der Waals surface area contributed by atoms with Gasteiger partial charge in [0, 0.05) is 39.5 Å². The molecule has 1 heterocycles. The minimum Gasteiger partial charge on any atom is -0.383 e. The van der Waals surface area contributed by atoms with Crippen molar-refractivity contribution < 1.29 is 4.74 Å². The number of anilines is 1. The molecule has 0 aromatic carbocycles. The van der Waals surface area contributed by atoms with Crippen LogP contribution in [0.15, 0.2) is 12.3 Å². The minimum atomic E-state index is 0.495. The maximum atomic E-state index is 5.08. The van der Waals surface area contributed by atoms with E-state index in [4.69, 9.17) is 4.74 Å². The molecular weight excluding hydrogens is 226 g/mol. The van der Waals surface area contributed by atoms with Crippen molar-refractivity contribution in [3.63, 3.8) is 0 Å². The van der Waals surface area contributed by atoms with E-state index in [0.717, 1.165) is 18.9 Å². The summed E-state index contributed by atoms with van der Waals surface area (Å²) in [7, 11) is 3.76. The van der Waals surface area contributed by atoms with Gasteiger partial charge in [0.25, 0.3) is 0 Å². The third-order valence-corrected chi connectivity index (χ3v) is 2.81. The fraction of sp³-hybridized carbons (Fsp3) is 0.643. The standard InChI is InChI=1S/C14H25N3O/c1-11(2)15-9-13-8-12(3)14(16-10-13)17(4)6-7-18-5/h8,10-11,15H,6-7,9H2,1-5H3. The van der Waals surface area contributed by atoms with Crippen molar-refractivity contribution in [1.82, 2.24) is 10.3 Å². The van der Waals surface area contributed by atoms with E-state index < -0.39 is 0 Å². The molecule has 0 aliphatic carbocycles. The van der Waals surface area contributed by atoms with Crippen LogP contribution in [0.1, 0.15) is 25.0 Å². The maximum absolute atomic E-state index is 5.08. The Morgan fingerprint density at radius 3 is 2.72 bits per heavy atom. The molecule has 4 heteroatoms. The number of ether oxygens (including phenoxy) is 1. The topological polar surface area (TPSA) is 37.4 Å². The van der Waals surface area contributed by atoms with Gasteiger partial charge in [0.05, 0.1) is 6.61 Å². The van der Waals surface area contributed by atoms with Crippen LogP contribution in [0.2, 0.25) is 0 Å². The highest BCUT2D eigenvalue weighted by Gasteiger charge is 2.07. The predicted molar refractivity (Wildman–Crippen MR) is 76.1 cm³/mol. The summed E-state index contributed by atoms with van der Waals surface area (Å²) in [6.45, 7) is 8.83. The summed E-state index contributed by atoms with van der Waals surface area (Å²) in [5.41, 5.74) is 2.43. The van der Waals surface area contributed by atoms with Crippen molar-refractivity contribution in [2.75, 3.05) is 32.2 Å². The summed E-state index contributed by atoms with van der Waals surface area (Å²) in [5.74, 6) is 1.03. The normalized spacial score (nSPS) is 11.0. The second kappa shape index (κ2) is 7.34. The van der Waals surface area contributed by atoms with Gasteiger partial charge >= 0.3 is 0 Å². The average molecular weight is 251 g/mol. The molecule has 0 aliphatic rings. The zero-order chi connectivity index (χ0) is 13.5. The van der Waals surface area contributed by atoms with E-state index in [1.165, 1.54) is 11.1 Å². The molecule has 0 saturated carbocycles. The van der Waals surface area contributed by atoms with Crippen molar-refractivity contribution in [1.29, 1.82) is 0 Å². The average Bonchev–Trinajstić information content (AvgIpc) is 2.33. The van der Waals surface area contributed by atoms with Crippen LogP contribution in [-0.4, -0.2) is 38.3 Å². The van der Waals surface area contributed by atoms with Crippen LogP contribution in [0.25, 0.3) is 0 Å². The molecule has 1 N–H and O–H groups in total. The molecule has 0 amide bonds. The number of likely N-dealkylation sites (N-methyl/N-ethyl adjacent to an activating group) is 1. The van der Waals surface area contributed by atoms with Gasteiger partial charge in [-0.3, -0.25) is 0 Å². The summed E-state index contributed by atoms with van der Waals surface area (Å²) in [6.07, 6.45) is 1.95. The molecule has 0 saturated heterocycles. The van der Waals surface area contributed by atoms with E-state index in [-0.39, 0.29) is 0 Å². The first-order valence-electron chi connectivity index (χ1n) is 6.43. The zero-order valence-corrected chi connectivity index (χ0v) is 12.2. The lowest BCUT2D eigenvalue weighted by Crippen LogP contribution is -2.25. The highest BCUT2D eigenvalue weighted by Crippen LogP contribution is 2.16. The molecule has 1 rings (SSSR count). The van der Waals surface area contributed by atoms with Gasteiger partial charge in [-0.1, -0.05) is 13.8 Å². The molecule has 0 spiro atoms. The van der Waals surface area contributed by atoms with Gasteiger partial charge in [0.2, 0.25) is 0 Å². The molecule has 0 fully saturated rings. The molecule has 1 aromatic heterocycles. The fourth-order valence-electron chi connectivity index (χ4n) is 1.78. The Morgan fingerprint density at radius 2 is 2.17 bits per heavy atom. The summed E-state index contributed by atoms with van der Waals surface area (Å²) < 4.78 is 5.08. The van der Waals surface area contributed by atoms with Gasteiger partial charge in [0.15, 0.2) is 0 Å². The van der Waals surface area contributed by atoms with Crippen molar-refractivity contribution in [3.8, 4) is 0 Å². The van der Waals surface area contributed by atoms with Crippen LogP contribution in [0.4, 0.5) is 5.82 Å². The zero-order valence-electron chi connectivity index (χ0n) is 12.2. The molecular formula is C14H25N3O. The van der Waals surface area contributed by atoms with Crippen LogP contribution in [0, 0.1) is 6.92 Å². The van der Waals surface area contributed by atoms with Crippen molar-refractivity contribution in [2.24, 2.45) is 0 Å². The largest absolute Gasteiger partial charge is 0.383 e. The summed E-state index contributed by atoms with van der Waals surface area (Å²) in [4.78, 5) is 6.66. The second-order valence-electron chi connectivity index (χ2n) is 4.93. The minimum absolute atomic E-state index is 0.495. The molecule has 0 atom stereocenters. The van der Waals surface area contributed by atoms with E-state index in [0.29, 0.717) is 12.6 Å². The molecule has 102 valence electrons. The van der Waals surface area contributed by atoms with E-state index in [2.05, 4.69) is 42.0 Å². The number of rotatable bonds is 7. The van der Waals surface area contributed by atoms with Gasteiger partial charge in [-0.2, -0.15) is 0 Å². The number of hydrogen-bond donors (Lipinski definition) is 1. The molecule has 0 radical (unpaired) electrons. The first-order valence-corrected chi connectivity index (χ1v) is 6.43. The van der Waals surface area contributed by atoms with Gasteiger partial charge < -0.3 is 15.0 Å². The third-order valence-electron chi connectivity index (χ3n) is 2.81. The Labute approximate surface area is 110 Å². The van der Waals surface area contributed by atoms with Gasteiger partial charge in [0.1, 0.15) is 5.82 Å². The summed E-state index contributed by atoms with van der Waals surface area (Å²) >= 11 is 0. The SMILES string of the molecule is COCCN(C)c1ncc(CNC(C)C)cc1C. The molecule has 4 nitrogen and oxygen atoms in total. The highest BCUT2D eigenvalue weighted by atomic mass is 16.5. The van der Waals surface area contributed by atoms with Crippen LogP contribution in [0.5, 0.6) is 0 Å². The van der Waals surface area contributed by atoms with E-state index in [1.54, 1.807) is 7.11 Å². The predicted octanol–water partition coefficient (Wildman–Crippen LogP) is 1.97. The Balaban J connectivity index is 2.66. The highest BCUT2D eigenvalue weighted by molar-refractivity contribution is 5.46. The molecule has 1 aromatic rings. The number of aryl methyl sites for hydroxylation is 1. The number of pyridine rings is 1. The second-order valence-corrected chi connectivity index (χ2v) is 4.93. The number of methoxy groups -OCH3 is 1. The number of nitrogens with one attached hydrogen (secondary N) is 1. The summed E-state index contributed by atoms with van der Waals surface area (Å²) in [5, 5.41) is 3.40. The number of nitrogens with zero attached hydrogens (tertiary/aromatic N) is 2. The lowest BCUT2D eigenvalue weighted by molar-refractivity contribution is 0.206. The van der Waals surface area contributed by atoms with Crippen molar-refractivity contribution in [2.45, 2.75) is 33.4 Å². The molecule has 0 bridgehead atoms. The maximum Gasteiger partial charge on any atom is 0.131 e. The third kappa shape index (κ3) is 4.63. The van der Waals surface area contributed by atoms with Gasteiger partial charge in [-0.05, 0) is 24.1 Å². The Hall–Kier alpha value is -1.13. The molecule has 18 heavy (non-hydrogen) atoms. The monoisotopic (exact) mass is 251 g/mol. The van der Waals surface area contributed by atoms with Crippen LogP contribution >= 0.6 is 0 Å². The van der Waals surface area contributed by atoms with Crippen molar-refractivity contribution in [3.05, 3.63) is 23.4 Å². The fourth-order valence-corrected chi connectivity index (χ4v) is 1.78. The number of hydrogen-bond acceptors (Lipinski definition) is 4. The Morgan fingerprint density at radius 1 is 1.44 bits per heavy atom. The Bertz CT molecular complexity index is 366. The lowest BCUT2D eigenvalue weighted by Gasteiger charge is -2.20. The van der Waals surface area contributed by atoms with E-state index >= 15 is 0 Å². The van der Waals surface area contributed by atoms with Gasteiger partial charge in [-0.25, -0.2) is 4.98 Å². The molecule has 0 aliphatic heterocycles. The van der Waals surface area contributed by atoms with E-state index in [9.17, 15) is 0 Å².